The zero-order chi connectivity index (χ0) is 14.9. The molecule has 0 aliphatic carbocycles. The Morgan fingerprint density at radius 1 is 1.33 bits per heavy atom. The molecular formula is C16H17N3O2. The molecule has 0 atom stereocenters. The van der Waals surface area contributed by atoms with Gasteiger partial charge in [0.1, 0.15) is 0 Å². The van der Waals surface area contributed by atoms with E-state index in [2.05, 4.69) is 22.3 Å². The summed E-state index contributed by atoms with van der Waals surface area (Å²) >= 11 is 0. The first-order chi connectivity index (χ1) is 10.3. The second kappa shape index (κ2) is 7.88. The van der Waals surface area contributed by atoms with E-state index < -0.39 is 0 Å². The van der Waals surface area contributed by atoms with Crippen molar-refractivity contribution < 1.29 is 9.90 Å². The summed E-state index contributed by atoms with van der Waals surface area (Å²) in [6.07, 6.45) is 4.35. The summed E-state index contributed by atoms with van der Waals surface area (Å²) < 4.78 is 1.72. The number of rotatable bonds is 5. The summed E-state index contributed by atoms with van der Waals surface area (Å²) in [7, 11) is 0. The average molecular weight is 283 g/mol. The first kappa shape index (κ1) is 14.8. The number of nitrogens with zero attached hydrogens (tertiary/aromatic N) is 2. The molecular weight excluding hydrogens is 266 g/mol. The van der Waals surface area contributed by atoms with E-state index in [1.165, 1.54) is 0 Å². The number of aliphatic hydroxyl groups is 1. The van der Waals surface area contributed by atoms with Gasteiger partial charge in [-0.15, -0.1) is 0 Å². The van der Waals surface area contributed by atoms with Crippen LogP contribution in [-0.4, -0.2) is 27.4 Å². The lowest BCUT2D eigenvalue weighted by Crippen LogP contribution is -2.14. The molecule has 5 nitrogen and oxygen atoms in total. The van der Waals surface area contributed by atoms with E-state index in [1.54, 1.807) is 10.9 Å². The van der Waals surface area contributed by atoms with Crippen LogP contribution in [0.2, 0.25) is 0 Å². The zero-order valence-electron chi connectivity index (χ0n) is 11.6. The van der Waals surface area contributed by atoms with Gasteiger partial charge in [0.15, 0.2) is 0 Å². The predicted octanol–water partition coefficient (Wildman–Crippen LogP) is 1.65. The number of aryl methyl sites for hydroxylation is 1. The van der Waals surface area contributed by atoms with E-state index in [9.17, 15) is 4.79 Å². The summed E-state index contributed by atoms with van der Waals surface area (Å²) in [5.74, 6) is 5.73. The maximum absolute atomic E-state index is 11.8. The van der Waals surface area contributed by atoms with Crippen molar-refractivity contribution in [2.24, 2.45) is 0 Å². The summed E-state index contributed by atoms with van der Waals surface area (Å²) in [4.78, 5) is 11.8. The summed E-state index contributed by atoms with van der Waals surface area (Å²) in [6, 6.07) is 9.14. The van der Waals surface area contributed by atoms with Crippen LogP contribution < -0.4 is 5.32 Å². The van der Waals surface area contributed by atoms with Gasteiger partial charge in [0.2, 0.25) is 5.91 Å². The number of aromatic nitrogens is 2. The van der Waals surface area contributed by atoms with Crippen LogP contribution in [0.15, 0.2) is 42.7 Å². The van der Waals surface area contributed by atoms with Gasteiger partial charge in [-0.2, -0.15) is 5.10 Å². The van der Waals surface area contributed by atoms with Gasteiger partial charge in [0.05, 0.1) is 6.61 Å². The molecule has 0 aliphatic heterocycles. The first-order valence-electron chi connectivity index (χ1n) is 6.75. The van der Waals surface area contributed by atoms with Gasteiger partial charge in [-0.25, -0.2) is 0 Å². The minimum absolute atomic E-state index is 0.0513. The quantitative estimate of drug-likeness (QED) is 0.820. The summed E-state index contributed by atoms with van der Waals surface area (Å²) in [5.41, 5.74) is 1.60. The summed E-state index contributed by atoms with van der Waals surface area (Å²) in [5, 5.41) is 15.5. The third-order valence-corrected chi connectivity index (χ3v) is 2.77. The molecule has 5 heteroatoms. The number of nitrogens with one attached hydrogen (secondary N) is 1. The molecule has 1 aromatic carbocycles. The van der Waals surface area contributed by atoms with Gasteiger partial charge in [0, 0.05) is 43.0 Å². The van der Waals surface area contributed by atoms with Gasteiger partial charge in [0.25, 0.3) is 0 Å². The highest BCUT2D eigenvalue weighted by Crippen LogP contribution is 2.09. The Balaban J connectivity index is 1.82. The molecule has 0 aliphatic rings. The van der Waals surface area contributed by atoms with Crippen molar-refractivity contribution in [3.8, 4) is 11.8 Å². The monoisotopic (exact) mass is 283 g/mol. The fraction of sp³-hybridized carbons (Fsp3) is 0.250. The molecule has 2 N–H and O–H groups in total. The molecule has 0 fully saturated rings. The Kier molecular flexibility index (Phi) is 5.56. The van der Waals surface area contributed by atoms with Crippen LogP contribution in [0.5, 0.6) is 0 Å². The number of carbonyl (C=O) groups excluding carboxylic acids is 1. The van der Waals surface area contributed by atoms with Gasteiger partial charge < -0.3 is 10.4 Å². The molecule has 1 amide bonds. The van der Waals surface area contributed by atoms with Gasteiger partial charge in [-0.1, -0.05) is 11.8 Å². The Hall–Kier alpha value is -2.58. The largest absolute Gasteiger partial charge is 0.395 e. The van der Waals surface area contributed by atoms with E-state index in [-0.39, 0.29) is 12.5 Å². The lowest BCUT2D eigenvalue weighted by Gasteiger charge is -2.05. The Morgan fingerprint density at radius 2 is 2.14 bits per heavy atom. The highest BCUT2D eigenvalue weighted by Gasteiger charge is 2.02. The smallest absolute Gasteiger partial charge is 0.226 e. The Morgan fingerprint density at radius 3 is 2.81 bits per heavy atom. The fourth-order valence-corrected chi connectivity index (χ4v) is 1.73. The Bertz CT molecular complexity index is 622. The number of aliphatic hydroxyl groups excluding tert-OH is 1. The van der Waals surface area contributed by atoms with Gasteiger partial charge >= 0.3 is 0 Å². The van der Waals surface area contributed by atoms with Crippen LogP contribution in [0.25, 0.3) is 0 Å². The summed E-state index contributed by atoms with van der Waals surface area (Å²) in [6.45, 7) is 0.626. The van der Waals surface area contributed by atoms with Crippen molar-refractivity contribution >= 4 is 11.6 Å². The first-order valence-corrected chi connectivity index (χ1v) is 6.75. The lowest BCUT2D eigenvalue weighted by molar-refractivity contribution is -0.116. The van der Waals surface area contributed by atoms with E-state index in [1.807, 2.05) is 36.5 Å². The second-order valence-corrected chi connectivity index (χ2v) is 4.42. The number of amides is 1. The average Bonchev–Trinajstić information content (AvgIpc) is 3.01. The van der Waals surface area contributed by atoms with Crippen molar-refractivity contribution in [2.75, 3.05) is 11.9 Å². The maximum atomic E-state index is 11.8. The highest BCUT2D eigenvalue weighted by atomic mass is 16.2. The normalized spacial score (nSPS) is 9.76. The zero-order valence-corrected chi connectivity index (χ0v) is 11.6. The third-order valence-electron chi connectivity index (χ3n) is 2.77. The minimum atomic E-state index is -0.0513. The van der Waals surface area contributed by atoms with Crippen LogP contribution in [0, 0.1) is 11.8 Å². The lowest BCUT2D eigenvalue weighted by atomic mass is 10.2. The molecule has 108 valence electrons. The topological polar surface area (TPSA) is 67.2 Å². The molecule has 2 rings (SSSR count). The van der Waals surface area contributed by atoms with Crippen molar-refractivity contribution in [1.82, 2.24) is 9.78 Å². The fourth-order valence-electron chi connectivity index (χ4n) is 1.73. The number of carbonyl (C=O) groups is 1. The number of hydrogen-bond acceptors (Lipinski definition) is 3. The third kappa shape index (κ3) is 5.13. The van der Waals surface area contributed by atoms with Gasteiger partial charge in [-0.05, 0) is 30.3 Å². The van der Waals surface area contributed by atoms with Crippen LogP contribution in [0.3, 0.4) is 0 Å². The molecule has 0 radical (unpaired) electrons. The predicted molar refractivity (Wildman–Crippen MR) is 80.5 cm³/mol. The molecule has 0 spiro atoms. The van der Waals surface area contributed by atoms with E-state index in [4.69, 9.17) is 5.11 Å². The van der Waals surface area contributed by atoms with Crippen molar-refractivity contribution in [1.29, 1.82) is 0 Å². The molecule has 0 unspecified atom stereocenters. The van der Waals surface area contributed by atoms with Crippen LogP contribution in [0.1, 0.15) is 18.4 Å². The number of anilines is 1. The van der Waals surface area contributed by atoms with E-state index in [0.29, 0.717) is 19.4 Å². The van der Waals surface area contributed by atoms with Crippen molar-refractivity contribution in [3.05, 3.63) is 48.3 Å². The van der Waals surface area contributed by atoms with Crippen LogP contribution in [-0.2, 0) is 11.3 Å². The SMILES string of the molecule is O=C(CCn1cccn1)Nc1ccc(C#CCCO)cc1. The highest BCUT2D eigenvalue weighted by molar-refractivity contribution is 5.90. The molecule has 0 bridgehead atoms. The molecule has 1 heterocycles. The molecule has 0 saturated carbocycles. The van der Waals surface area contributed by atoms with E-state index in [0.717, 1.165) is 11.3 Å². The molecule has 0 saturated heterocycles. The standard InChI is InChI=1S/C16H17N3O2/c20-13-2-1-4-14-5-7-15(8-6-14)18-16(21)9-12-19-11-3-10-17-19/h3,5-8,10-11,20H,2,9,12-13H2,(H,18,21). The Labute approximate surface area is 123 Å². The van der Waals surface area contributed by atoms with Crippen molar-refractivity contribution in [3.63, 3.8) is 0 Å². The van der Waals surface area contributed by atoms with Crippen LogP contribution >= 0.6 is 0 Å². The molecule has 21 heavy (non-hydrogen) atoms. The molecule has 1 aromatic heterocycles. The minimum Gasteiger partial charge on any atom is -0.395 e. The van der Waals surface area contributed by atoms with E-state index >= 15 is 0 Å². The van der Waals surface area contributed by atoms with Crippen molar-refractivity contribution in [2.45, 2.75) is 19.4 Å². The van der Waals surface area contributed by atoms with Crippen LogP contribution in [0.4, 0.5) is 5.69 Å². The molecule has 2 aromatic rings. The number of benzene rings is 1. The maximum Gasteiger partial charge on any atom is 0.226 e. The van der Waals surface area contributed by atoms with Gasteiger partial charge in [-0.3, -0.25) is 9.48 Å². The number of hydrogen-bond donors (Lipinski definition) is 2. The second-order valence-electron chi connectivity index (χ2n) is 4.42.